The maximum Gasteiger partial charge on any atom is 0.416 e. The third kappa shape index (κ3) is 3.22. The quantitative estimate of drug-likeness (QED) is 0.615. The summed E-state index contributed by atoms with van der Waals surface area (Å²) < 4.78 is 46.2. The summed E-state index contributed by atoms with van der Waals surface area (Å²) in [6.45, 7) is 4.23. The van der Waals surface area contributed by atoms with Crippen LogP contribution < -0.4 is 4.74 Å². The van der Waals surface area contributed by atoms with E-state index in [1.807, 2.05) is 12.1 Å². The normalized spacial score (nSPS) is 13.2. The summed E-state index contributed by atoms with van der Waals surface area (Å²) >= 11 is 0. The lowest BCUT2D eigenvalue weighted by atomic mass is 9.99. The van der Waals surface area contributed by atoms with Gasteiger partial charge in [-0.2, -0.15) is 13.2 Å². The molecule has 0 saturated heterocycles. The monoisotopic (exact) mass is 334 g/mol. The van der Waals surface area contributed by atoms with Crippen LogP contribution in [0.3, 0.4) is 0 Å². The van der Waals surface area contributed by atoms with Gasteiger partial charge in [-0.15, -0.1) is 0 Å². The second-order valence-corrected chi connectivity index (χ2v) is 5.72. The molecule has 24 heavy (non-hydrogen) atoms. The van der Waals surface area contributed by atoms with Crippen molar-refractivity contribution in [2.45, 2.75) is 32.4 Å². The summed E-state index contributed by atoms with van der Waals surface area (Å²) in [5.74, 6) is 0.984. The van der Waals surface area contributed by atoms with Gasteiger partial charge in [0.25, 0.3) is 0 Å². The van der Waals surface area contributed by atoms with Gasteiger partial charge in [0.15, 0.2) is 0 Å². The summed E-state index contributed by atoms with van der Waals surface area (Å²) in [5.41, 5.74) is 0.574. The Hall–Kier alpha value is -2.50. The Morgan fingerprint density at radius 1 is 1.17 bits per heavy atom. The molecule has 0 bridgehead atoms. The number of aromatic nitrogens is 2. The van der Waals surface area contributed by atoms with E-state index in [4.69, 9.17) is 4.74 Å². The minimum atomic E-state index is -4.45. The predicted octanol–water partition coefficient (Wildman–Crippen LogP) is 5.66. The van der Waals surface area contributed by atoms with Crippen molar-refractivity contribution < 1.29 is 17.9 Å². The highest BCUT2D eigenvalue weighted by Crippen LogP contribution is 2.34. The Balaban J connectivity index is 1.96. The number of nitrogens with zero attached hydrogens (tertiary/aromatic N) is 2. The fourth-order valence-corrected chi connectivity index (χ4v) is 2.45. The predicted molar refractivity (Wildman–Crippen MR) is 85.4 cm³/mol. The van der Waals surface area contributed by atoms with E-state index in [0.717, 1.165) is 18.6 Å². The van der Waals surface area contributed by atoms with E-state index in [1.54, 1.807) is 18.3 Å². The third-order valence-electron chi connectivity index (χ3n) is 4.08. The first-order valence-corrected chi connectivity index (χ1v) is 7.70. The Morgan fingerprint density at radius 3 is 2.50 bits per heavy atom. The van der Waals surface area contributed by atoms with Crippen molar-refractivity contribution in [1.29, 1.82) is 0 Å². The topological polar surface area (TPSA) is 26.5 Å². The Labute approximate surface area is 137 Å². The van der Waals surface area contributed by atoms with Crippen molar-refractivity contribution in [3.8, 4) is 11.6 Å². The highest BCUT2D eigenvalue weighted by Gasteiger charge is 2.32. The minimum absolute atomic E-state index is 0.0774. The molecule has 0 aliphatic rings. The molecule has 0 aliphatic heterocycles. The van der Waals surface area contributed by atoms with Gasteiger partial charge in [0.2, 0.25) is 5.88 Å². The lowest BCUT2D eigenvalue weighted by Crippen LogP contribution is -2.07. The van der Waals surface area contributed by atoms with Gasteiger partial charge >= 0.3 is 6.18 Å². The molecule has 3 rings (SSSR count). The van der Waals surface area contributed by atoms with Crippen molar-refractivity contribution in [2.75, 3.05) is 0 Å². The van der Waals surface area contributed by atoms with Crippen LogP contribution in [0.2, 0.25) is 0 Å². The van der Waals surface area contributed by atoms with Crippen LogP contribution in [-0.2, 0) is 6.18 Å². The standard InChI is InChI=1S/C18H17F3N2O/c1-3-12(2)13-4-6-15(7-5-13)24-17-11-14(18(19,20)21)10-16-22-8-9-23(16)17/h4-12H,3H2,1-2H3. The lowest BCUT2D eigenvalue weighted by Gasteiger charge is -2.13. The summed E-state index contributed by atoms with van der Waals surface area (Å²) in [6.07, 6.45) is -0.428. The second kappa shape index (κ2) is 6.19. The first-order valence-electron chi connectivity index (χ1n) is 7.70. The van der Waals surface area contributed by atoms with Crippen LogP contribution in [0.4, 0.5) is 13.2 Å². The molecule has 0 radical (unpaired) electrons. The van der Waals surface area contributed by atoms with Gasteiger partial charge < -0.3 is 4.74 Å². The zero-order valence-electron chi connectivity index (χ0n) is 13.3. The van der Waals surface area contributed by atoms with Crippen LogP contribution in [0.15, 0.2) is 48.8 Å². The van der Waals surface area contributed by atoms with Gasteiger partial charge in [0.05, 0.1) is 5.56 Å². The molecular formula is C18H17F3N2O. The summed E-state index contributed by atoms with van der Waals surface area (Å²) in [4.78, 5) is 3.93. The van der Waals surface area contributed by atoms with Crippen LogP contribution in [0.1, 0.15) is 37.3 Å². The molecule has 1 aromatic carbocycles. The summed E-state index contributed by atoms with van der Waals surface area (Å²) in [6, 6.07) is 9.38. The van der Waals surface area contributed by atoms with Crippen molar-refractivity contribution in [2.24, 2.45) is 0 Å². The third-order valence-corrected chi connectivity index (χ3v) is 4.08. The highest BCUT2D eigenvalue weighted by atomic mass is 19.4. The molecule has 0 amide bonds. The van der Waals surface area contributed by atoms with Crippen molar-refractivity contribution in [3.05, 3.63) is 59.9 Å². The van der Waals surface area contributed by atoms with E-state index >= 15 is 0 Å². The van der Waals surface area contributed by atoms with Crippen LogP contribution in [0, 0.1) is 0 Å². The fraction of sp³-hybridized carbons (Fsp3) is 0.278. The zero-order valence-corrected chi connectivity index (χ0v) is 13.3. The van der Waals surface area contributed by atoms with Crippen molar-refractivity contribution in [1.82, 2.24) is 9.38 Å². The van der Waals surface area contributed by atoms with E-state index in [1.165, 1.54) is 16.2 Å². The van der Waals surface area contributed by atoms with Gasteiger partial charge in [-0.05, 0) is 36.1 Å². The fourth-order valence-electron chi connectivity index (χ4n) is 2.45. The maximum atomic E-state index is 13.0. The summed E-state index contributed by atoms with van der Waals surface area (Å²) in [5, 5.41) is 0. The van der Waals surface area contributed by atoms with Gasteiger partial charge in [0, 0.05) is 18.5 Å². The van der Waals surface area contributed by atoms with Crippen LogP contribution in [0.5, 0.6) is 11.6 Å². The number of hydrogen-bond donors (Lipinski definition) is 0. The molecule has 2 heterocycles. The number of halogens is 3. The molecule has 126 valence electrons. The molecule has 3 aromatic rings. The number of ether oxygens (including phenoxy) is 1. The number of rotatable bonds is 4. The van der Waals surface area contributed by atoms with Crippen LogP contribution in [0.25, 0.3) is 5.65 Å². The molecule has 1 unspecified atom stereocenters. The molecule has 2 aromatic heterocycles. The molecule has 0 N–H and O–H groups in total. The SMILES string of the molecule is CCC(C)c1ccc(Oc2cc(C(F)(F)F)cc3nccn23)cc1. The maximum absolute atomic E-state index is 13.0. The highest BCUT2D eigenvalue weighted by molar-refractivity contribution is 5.48. The molecule has 0 saturated carbocycles. The molecule has 0 aliphatic carbocycles. The number of benzene rings is 1. The van der Waals surface area contributed by atoms with Gasteiger partial charge in [0.1, 0.15) is 11.4 Å². The molecule has 1 atom stereocenters. The van der Waals surface area contributed by atoms with E-state index in [-0.39, 0.29) is 11.5 Å². The Kier molecular flexibility index (Phi) is 4.22. The van der Waals surface area contributed by atoms with Crippen LogP contribution >= 0.6 is 0 Å². The molecular weight excluding hydrogens is 317 g/mol. The molecule has 0 spiro atoms. The van der Waals surface area contributed by atoms with E-state index in [2.05, 4.69) is 18.8 Å². The number of imidazole rings is 1. The Morgan fingerprint density at radius 2 is 1.88 bits per heavy atom. The molecule has 6 heteroatoms. The van der Waals surface area contributed by atoms with E-state index in [9.17, 15) is 13.2 Å². The van der Waals surface area contributed by atoms with Gasteiger partial charge in [-0.25, -0.2) is 4.98 Å². The van der Waals surface area contributed by atoms with Gasteiger partial charge in [-0.1, -0.05) is 26.0 Å². The number of pyridine rings is 1. The van der Waals surface area contributed by atoms with Crippen LogP contribution in [-0.4, -0.2) is 9.38 Å². The first-order chi connectivity index (χ1) is 11.4. The lowest BCUT2D eigenvalue weighted by molar-refractivity contribution is -0.137. The first kappa shape index (κ1) is 16.4. The molecule has 3 nitrogen and oxygen atoms in total. The van der Waals surface area contributed by atoms with E-state index < -0.39 is 11.7 Å². The minimum Gasteiger partial charge on any atom is -0.440 e. The second-order valence-electron chi connectivity index (χ2n) is 5.72. The number of fused-ring (bicyclic) bond motifs is 1. The number of hydrogen-bond acceptors (Lipinski definition) is 2. The van der Waals surface area contributed by atoms with Gasteiger partial charge in [-0.3, -0.25) is 4.40 Å². The zero-order chi connectivity index (χ0) is 17.3. The summed E-state index contributed by atoms with van der Waals surface area (Å²) in [7, 11) is 0. The largest absolute Gasteiger partial charge is 0.440 e. The smallest absolute Gasteiger partial charge is 0.416 e. The average molecular weight is 334 g/mol. The van der Waals surface area contributed by atoms with E-state index in [0.29, 0.717) is 11.7 Å². The van der Waals surface area contributed by atoms with Crippen molar-refractivity contribution in [3.63, 3.8) is 0 Å². The van der Waals surface area contributed by atoms with Crippen molar-refractivity contribution >= 4 is 5.65 Å². The number of alkyl halides is 3. The molecule has 0 fully saturated rings. The Bertz CT molecular complexity index is 838. The average Bonchev–Trinajstić information content (AvgIpc) is 3.03.